The van der Waals surface area contributed by atoms with Gasteiger partial charge in [-0.1, -0.05) is 132 Å². The number of imidazole rings is 1. The number of nitrogens with zero attached hydrogens (tertiary/aromatic N) is 3. The SMILES string of the molecule is c1ccc(-c2ccc3c(c2)Sc2cc(N(c4ccccc4)c4ccccc4)cc4c2B3c2cc(-c3ccccc3)cc3ncn-4c23)cc1. The first-order valence-electron chi connectivity index (χ1n) is 16.3. The second-order valence-electron chi connectivity index (χ2n) is 12.5. The molecule has 8 aromatic rings. The Hall–Kier alpha value is -5.78. The summed E-state index contributed by atoms with van der Waals surface area (Å²) in [5.41, 5.74) is 15.7. The quantitative estimate of drug-likeness (QED) is 0.177. The Morgan fingerprint density at radius 2 is 1.12 bits per heavy atom. The predicted molar refractivity (Wildman–Crippen MR) is 202 cm³/mol. The van der Waals surface area contributed by atoms with E-state index in [0.29, 0.717) is 0 Å². The summed E-state index contributed by atoms with van der Waals surface area (Å²) in [6.07, 6.45) is 2.02. The topological polar surface area (TPSA) is 21.1 Å². The number of fused-ring (bicyclic) bond motifs is 4. The maximum absolute atomic E-state index is 5.04. The highest BCUT2D eigenvalue weighted by atomic mass is 32.2. The van der Waals surface area contributed by atoms with Crippen molar-refractivity contribution in [3.8, 4) is 27.9 Å². The van der Waals surface area contributed by atoms with Gasteiger partial charge in [0.1, 0.15) is 6.33 Å². The molecule has 0 unspecified atom stereocenters. The lowest BCUT2D eigenvalue weighted by molar-refractivity contribution is 1.09. The highest BCUT2D eigenvalue weighted by molar-refractivity contribution is 8.00. The van der Waals surface area contributed by atoms with Crippen LogP contribution in [0.4, 0.5) is 17.1 Å². The van der Waals surface area contributed by atoms with Gasteiger partial charge in [0.2, 0.25) is 6.71 Å². The van der Waals surface area contributed by atoms with Crippen molar-refractivity contribution in [2.75, 3.05) is 4.90 Å². The first-order valence-corrected chi connectivity index (χ1v) is 17.1. The van der Waals surface area contributed by atoms with E-state index in [2.05, 4.69) is 173 Å². The zero-order chi connectivity index (χ0) is 31.6. The van der Waals surface area contributed by atoms with Crippen molar-refractivity contribution >= 4 is 63.0 Å². The van der Waals surface area contributed by atoms with Gasteiger partial charge in [-0.3, -0.25) is 4.57 Å². The zero-order valence-electron chi connectivity index (χ0n) is 26.0. The Morgan fingerprint density at radius 3 is 1.79 bits per heavy atom. The molecule has 7 aromatic carbocycles. The second-order valence-corrected chi connectivity index (χ2v) is 13.5. The number of hydrogen-bond donors (Lipinski definition) is 0. The van der Waals surface area contributed by atoms with Crippen LogP contribution in [0.3, 0.4) is 0 Å². The minimum atomic E-state index is 0.0855. The Labute approximate surface area is 284 Å². The van der Waals surface area contributed by atoms with Crippen molar-refractivity contribution < 1.29 is 0 Å². The van der Waals surface area contributed by atoms with Crippen LogP contribution in [0, 0.1) is 0 Å². The fourth-order valence-corrected chi connectivity index (χ4v) is 8.79. The van der Waals surface area contributed by atoms with Gasteiger partial charge >= 0.3 is 0 Å². The maximum Gasteiger partial charge on any atom is 0.249 e. The van der Waals surface area contributed by atoms with Crippen LogP contribution < -0.4 is 21.3 Å². The summed E-state index contributed by atoms with van der Waals surface area (Å²) in [7, 11) is 0. The summed E-state index contributed by atoms with van der Waals surface area (Å²) < 4.78 is 2.33. The molecule has 0 N–H and O–H groups in total. The number of anilines is 3. The van der Waals surface area contributed by atoms with Crippen molar-refractivity contribution in [1.82, 2.24) is 9.55 Å². The van der Waals surface area contributed by atoms with Gasteiger partial charge in [0, 0.05) is 32.5 Å². The molecule has 48 heavy (non-hydrogen) atoms. The second kappa shape index (κ2) is 10.9. The number of aromatic nitrogens is 2. The first-order chi connectivity index (χ1) is 23.8. The molecule has 2 aliphatic heterocycles. The van der Waals surface area contributed by atoms with Crippen LogP contribution in [0.25, 0.3) is 39.0 Å². The van der Waals surface area contributed by atoms with Gasteiger partial charge in [-0.25, -0.2) is 4.98 Å². The van der Waals surface area contributed by atoms with Crippen LogP contribution >= 0.6 is 11.8 Å². The minimum absolute atomic E-state index is 0.0855. The molecule has 1 aromatic heterocycles. The molecule has 0 spiro atoms. The van der Waals surface area contributed by atoms with E-state index in [0.717, 1.165) is 22.6 Å². The van der Waals surface area contributed by atoms with Crippen molar-refractivity contribution in [2.45, 2.75) is 9.79 Å². The van der Waals surface area contributed by atoms with Gasteiger partial charge in [-0.15, -0.1) is 0 Å². The van der Waals surface area contributed by atoms with E-state index in [9.17, 15) is 0 Å². The highest BCUT2D eigenvalue weighted by Crippen LogP contribution is 2.42. The third-order valence-corrected chi connectivity index (χ3v) is 10.8. The Bertz CT molecular complexity index is 2440. The molecule has 0 radical (unpaired) electrons. The van der Waals surface area contributed by atoms with Gasteiger partial charge in [0.05, 0.1) is 11.0 Å². The molecule has 0 saturated carbocycles. The monoisotopic (exact) mass is 629 g/mol. The van der Waals surface area contributed by atoms with E-state index >= 15 is 0 Å². The molecule has 0 aliphatic carbocycles. The average molecular weight is 630 g/mol. The van der Waals surface area contributed by atoms with Crippen molar-refractivity contribution in [1.29, 1.82) is 0 Å². The summed E-state index contributed by atoms with van der Waals surface area (Å²) in [5, 5.41) is 0. The van der Waals surface area contributed by atoms with Gasteiger partial charge in [-0.05, 0) is 81.7 Å². The fourth-order valence-electron chi connectivity index (χ4n) is 7.55. The van der Waals surface area contributed by atoms with Crippen molar-refractivity contribution in [3.05, 3.63) is 170 Å². The smallest absolute Gasteiger partial charge is 0.249 e. The summed E-state index contributed by atoms with van der Waals surface area (Å²) >= 11 is 1.89. The Kier molecular flexibility index (Phi) is 6.21. The number of hydrogen-bond acceptors (Lipinski definition) is 3. The molecule has 5 heteroatoms. The molecule has 0 atom stereocenters. The third-order valence-electron chi connectivity index (χ3n) is 9.68. The molecule has 0 amide bonds. The van der Waals surface area contributed by atoms with Gasteiger partial charge in [0.15, 0.2) is 0 Å². The molecular weight excluding hydrogens is 601 g/mol. The predicted octanol–water partition coefficient (Wildman–Crippen LogP) is 9.12. The Balaban J connectivity index is 1.25. The third kappa shape index (κ3) is 4.28. The van der Waals surface area contributed by atoms with Gasteiger partial charge in [-0.2, -0.15) is 0 Å². The fraction of sp³-hybridized carbons (Fsp3) is 0. The average Bonchev–Trinajstić information content (AvgIpc) is 3.59. The lowest BCUT2D eigenvalue weighted by Crippen LogP contribution is -2.58. The summed E-state index contributed by atoms with van der Waals surface area (Å²) in [6.45, 7) is 0.0855. The van der Waals surface area contributed by atoms with E-state index < -0.39 is 0 Å². The number of benzene rings is 7. The summed E-state index contributed by atoms with van der Waals surface area (Å²) in [6, 6.07) is 59.2. The molecule has 224 valence electrons. The molecule has 0 fully saturated rings. The van der Waals surface area contributed by atoms with Crippen LogP contribution in [-0.4, -0.2) is 16.3 Å². The number of rotatable bonds is 5. The van der Waals surface area contributed by atoms with E-state index in [-0.39, 0.29) is 6.71 Å². The van der Waals surface area contributed by atoms with Gasteiger partial charge in [0.25, 0.3) is 0 Å². The van der Waals surface area contributed by atoms with Crippen LogP contribution in [0.2, 0.25) is 0 Å². The van der Waals surface area contributed by atoms with Crippen LogP contribution in [-0.2, 0) is 0 Å². The van der Waals surface area contributed by atoms with Crippen LogP contribution in [0.5, 0.6) is 0 Å². The molecular formula is C43H28BN3S. The molecule has 3 nitrogen and oxygen atoms in total. The zero-order valence-corrected chi connectivity index (χ0v) is 26.8. The van der Waals surface area contributed by atoms with Crippen molar-refractivity contribution in [2.24, 2.45) is 0 Å². The molecule has 2 aliphatic rings. The number of para-hydroxylation sites is 2. The normalized spacial score (nSPS) is 12.5. The van der Waals surface area contributed by atoms with Crippen LogP contribution in [0.15, 0.2) is 180 Å². The van der Waals surface area contributed by atoms with E-state index in [1.165, 1.54) is 59.6 Å². The van der Waals surface area contributed by atoms with E-state index in [4.69, 9.17) is 4.98 Å². The first kappa shape index (κ1) is 27.3. The van der Waals surface area contributed by atoms with E-state index in [1.807, 2.05) is 18.1 Å². The lowest BCUT2D eigenvalue weighted by atomic mass is 9.35. The molecule has 3 heterocycles. The van der Waals surface area contributed by atoms with Gasteiger partial charge < -0.3 is 4.90 Å². The van der Waals surface area contributed by atoms with Crippen LogP contribution in [0.1, 0.15) is 0 Å². The summed E-state index contributed by atoms with van der Waals surface area (Å²) in [4.78, 5) is 9.98. The summed E-state index contributed by atoms with van der Waals surface area (Å²) in [5.74, 6) is 0. The van der Waals surface area contributed by atoms with E-state index in [1.54, 1.807) is 0 Å². The highest BCUT2D eigenvalue weighted by Gasteiger charge is 2.40. The molecule has 10 rings (SSSR count). The maximum atomic E-state index is 5.04. The standard InChI is InChI=1S/C43H28BN3S/c1-5-13-29(14-6-1)31-21-22-36-40(25-31)48-41-27-35(47(33-17-9-3-10-18-33)34-19-11-4-12-20-34)26-39-42(41)44(36)37-23-32(30-15-7-2-8-16-30)24-38-43(37)46(39)28-45-38/h1-28H. The molecule has 0 bridgehead atoms. The van der Waals surface area contributed by atoms with Crippen molar-refractivity contribution in [3.63, 3.8) is 0 Å². The molecule has 0 saturated heterocycles. The largest absolute Gasteiger partial charge is 0.310 e. The lowest BCUT2D eigenvalue weighted by Gasteiger charge is -2.35. The minimum Gasteiger partial charge on any atom is -0.310 e. The Morgan fingerprint density at radius 1 is 0.500 bits per heavy atom.